The number of hydrogen-bond acceptors (Lipinski definition) is 5. The maximum atomic E-state index is 12.5. The summed E-state index contributed by atoms with van der Waals surface area (Å²) in [4.78, 5) is 18.0. The number of amides is 1. The first-order valence-corrected chi connectivity index (χ1v) is 8.18. The highest BCUT2D eigenvalue weighted by Crippen LogP contribution is 2.25. The number of nitrogens with zero attached hydrogens (tertiary/aromatic N) is 2. The van der Waals surface area contributed by atoms with E-state index in [4.69, 9.17) is 4.52 Å². The number of rotatable bonds is 5. The smallest absolute Gasteiger partial charge is 0.257 e. The van der Waals surface area contributed by atoms with Crippen molar-refractivity contribution in [2.24, 2.45) is 0 Å². The van der Waals surface area contributed by atoms with Gasteiger partial charge in [0.25, 0.3) is 5.91 Å². The first kappa shape index (κ1) is 15.4. The number of carbonyl (C=O) groups excluding carboxylic acids is 1. The van der Waals surface area contributed by atoms with E-state index in [1.165, 1.54) is 4.88 Å². The average Bonchev–Trinajstić information content (AvgIpc) is 3.14. The fraction of sp³-hybridized carbons (Fsp3) is 0.235. The van der Waals surface area contributed by atoms with Crippen LogP contribution in [0.3, 0.4) is 0 Å². The van der Waals surface area contributed by atoms with Gasteiger partial charge < -0.3 is 9.84 Å². The number of hydrogen-bond donors (Lipinski definition) is 1. The van der Waals surface area contributed by atoms with Gasteiger partial charge in [0.05, 0.1) is 10.7 Å². The first-order chi connectivity index (χ1) is 11.1. The van der Waals surface area contributed by atoms with Gasteiger partial charge in [-0.2, -0.15) is 0 Å². The zero-order valence-electron chi connectivity index (χ0n) is 13.0. The molecule has 0 spiro atoms. The molecule has 0 aliphatic heterocycles. The Labute approximate surface area is 138 Å². The van der Waals surface area contributed by atoms with Gasteiger partial charge in [0.1, 0.15) is 5.56 Å². The monoisotopic (exact) mass is 327 g/mol. The maximum Gasteiger partial charge on any atom is 0.257 e. The molecule has 2 heterocycles. The molecule has 2 aromatic heterocycles. The molecule has 0 saturated heterocycles. The largest absolute Gasteiger partial charge is 0.355 e. The van der Waals surface area contributed by atoms with Crippen molar-refractivity contribution in [2.45, 2.75) is 20.3 Å². The van der Waals surface area contributed by atoms with Crippen LogP contribution in [0.5, 0.6) is 0 Å². The number of benzene rings is 1. The van der Waals surface area contributed by atoms with Crippen LogP contribution in [-0.4, -0.2) is 22.6 Å². The predicted molar refractivity (Wildman–Crippen MR) is 89.6 cm³/mol. The van der Waals surface area contributed by atoms with Crippen molar-refractivity contribution < 1.29 is 9.32 Å². The van der Waals surface area contributed by atoms with E-state index in [0.717, 1.165) is 17.0 Å². The number of aryl methyl sites for hydroxylation is 2. The Bertz CT molecular complexity index is 808. The summed E-state index contributed by atoms with van der Waals surface area (Å²) in [6.45, 7) is 4.33. The van der Waals surface area contributed by atoms with Crippen LogP contribution in [0.25, 0.3) is 11.3 Å². The van der Waals surface area contributed by atoms with Gasteiger partial charge in [-0.05, 0) is 13.8 Å². The molecule has 3 rings (SSSR count). The second-order valence-corrected chi connectivity index (χ2v) is 6.53. The van der Waals surface area contributed by atoms with Crippen molar-refractivity contribution in [3.8, 4) is 11.3 Å². The Hall–Kier alpha value is -2.47. The summed E-state index contributed by atoms with van der Waals surface area (Å²) >= 11 is 1.65. The van der Waals surface area contributed by atoms with Gasteiger partial charge in [0.15, 0.2) is 5.76 Å². The molecule has 0 atom stereocenters. The second-order valence-electron chi connectivity index (χ2n) is 5.21. The third-order valence-electron chi connectivity index (χ3n) is 3.42. The van der Waals surface area contributed by atoms with E-state index in [-0.39, 0.29) is 5.91 Å². The molecule has 0 saturated carbocycles. The number of aromatic nitrogens is 2. The van der Waals surface area contributed by atoms with E-state index < -0.39 is 0 Å². The highest BCUT2D eigenvalue weighted by atomic mass is 32.1. The van der Waals surface area contributed by atoms with Crippen LogP contribution in [0.1, 0.15) is 25.9 Å². The van der Waals surface area contributed by atoms with E-state index in [0.29, 0.717) is 23.6 Å². The maximum absolute atomic E-state index is 12.5. The Morgan fingerprint density at radius 1 is 1.26 bits per heavy atom. The minimum atomic E-state index is -0.170. The molecule has 5 nitrogen and oxygen atoms in total. The van der Waals surface area contributed by atoms with Crippen molar-refractivity contribution in [3.63, 3.8) is 0 Å². The summed E-state index contributed by atoms with van der Waals surface area (Å²) in [5, 5.41) is 7.88. The number of carbonyl (C=O) groups is 1. The standard InChI is InChI=1S/C17H17N3O2S/c1-11-10-19-14(23-11)8-9-18-17(21)15-12(2)20-22-16(15)13-6-4-3-5-7-13/h3-7,10H,8-9H2,1-2H3,(H,18,21). The Balaban J connectivity index is 1.71. The quantitative estimate of drug-likeness (QED) is 0.780. The van der Waals surface area contributed by atoms with Gasteiger partial charge >= 0.3 is 0 Å². The third kappa shape index (κ3) is 3.48. The molecular weight excluding hydrogens is 310 g/mol. The zero-order chi connectivity index (χ0) is 16.2. The van der Waals surface area contributed by atoms with Crippen LogP contribution in [0, 0.1) is 13.8 Å². The third-order valence-corrected chi connectivity index (χ3v) is 4.39. The lowest BCUT2D eigenvalue weighted by Gasteiger charge is -2.04. The minimum absolute atomic E-state index is 0.170. The molecule has 6 heteroatoms. The lowest BCUT2D eigenvalue weighted by atomic mass is 10.1. The molecule has 0 radical (unpaired) electrons. The van der Waals surface area contributed by atoms with E-state index >= 15 is 0 Å². The summed E-state index contributed by atoms with van der Waals surface area (Å²) in [7, 11) is 0. The van der Waals surface area contributed by atoms with Crippen molar-refractivity contribution in [1.29, 1.82) is 0 Å². The molecule has 1 aromatic carbocycles. The highest BCUT2D eigenvalue weighted by Gasteiger charge is 2.21. The molecule has 0 fully saturated rings. The van der Waals surface area contributed by atoms with Crippen LogP contribution in [0.4, 0.5) is 0 Å². The van der Waals surface area contributed by atoms with Gasteiger partial charge in [0.2, 0.25) is 0 Å². The van der Waals surface area contributed by atoms with Crippen molar-refractivity contribution in [1.82, 2.24) is 15.5 Å². The first-order valence-electron chi connectivity index (χ1n) is 7.36. The molecule has 0 bridgehead atoms. The van der Waals surface area contributed by atoms with E-state index in [1.807, 2.05) is 43.5 Å². The fourth-order valence-corrected chi connectivity index (χ4v) is 3.10. The Morgan fingerprint density at radius 2 is 2.04 bits per heavy atom. The van der Waals surface area contributed by atoms with Crippen LogP contribution >= 0.6 is 11.3 Å². The van der Waals surface area contributed by atoms with Gasteiger partial charge in [-0.1, -0.05) is 35.5 Å². The van der Waals surface area contributed by atoms with Crippen LogP contribution < -0.4 is 5.32 Å². The van der Waals surface area contributed by atoms with Crippen molar-refractivity contribution in [2.75, 3.05) is 6.54 Å². The van der Waals surface area contributed by atoms with E-state index in [9.17, 15) is 4.79 Å². The summed E-state index contributed by atoms with van der Waals surface area (Å²) in [5.74, 6) is 0.335. The lowest BCUT2D eigenvalue weighted by molar-refractivity contribution is 0.0954. The van der Waals surface area contributed by atoms with Gasteiger partial charge in [0, 0.05) is 29.6 Å². The highest BCUT2D eigenvalue weighted by molar-refractivity contribution is 7.11. The van der Waals surface area contributed by atoms with E-state index in [2.05, 4.69) is 15.5 Å². The summed E-state index contributed by atoms with van der Waals surface area (Å²) in [6, 6.07) is 9.52. The predicted octanol–water partition coefficient (Wildman–Crippen LogP) is 3.39. The van der Waals surface area contributed by atoms with Crippen LogP contribution in [-0.2, 0) is 6.42 Å². The van der Waals surface area contributed by atoms with Gasteiger partial charge in [-0.3, -0.25) is 4.79 Å². The molecule has 0 aliphatic carbocycles. The van der Waals surface area contributed by atoms with Crippen molar-refractivity contribution >= 4 is 17.2 Å². The SMILES string of the molecule is Cc1cnc(CCNC(=O)c2c(C)noc2-c2ccccc2)s1. The summed E-state index contributed by atoms with van der Waals surface area (Å²) in [6.07, 6.45) is 2.56. The van der Waals surface area contributed by atoms with E-state index in [1.54, 1.807) is 18.3 Å². The minimum Gasteiger partial charge on any atom is -0.355 e. The number of nitrogens with one attached hydrogen (secondary N) is 1. The summed E-state index contributed by atoms with van der Waals surface area (Å²) in [5.41, 5.74) is 1.92. The molecule has 23 heavy (non-hydrogen) atoms. The second kappa shape index (κ2) is 6.75. The Kier molecular flexibility index (Phi) is 4.52. The van der Waals surface area contributed by atoms with Crippen molar-refractivity contribution in [3.05, 3.63) is 57.7 Å². The topological polar surface area (TPSA) is 68.0 Å². The molecule has 1 N–H and O–H groups in total. The Morgan fingerprint density at radius 3 is 2.74 bits per heavy atom. The van der Waals surface area contributed by atoms with Gasteiger partial charge in [-0.15, -0.1) is 11.3 Å². The average molecular weight is 327 g/mol. The lowest BCUT2D eigenvalue weighted by Crippen LogP contribution is -2.26. The van der Waals surface area contributed by atoms with Gasteiger partial charge in [-0.25, -0.2) is 4.98 Å². The number of thiazole rings is 1. The molecule has 118 valence electrons. The molecule has 3 aromatic rings. The molecule has 0 aliphatic rings. The van der Waals surface area contributed by atoms with Crippen LogP contribution in [0.2, 0.25) is 0 Å². The van der Waals surface area contributed by atoms with Crippen LogP contribution in [0.15, 0.2) is 41.1 Å². The zero-order valence-corrected chi connectivity index (χ0v) is 13.8. The fourth-order valence-electron chi connectivity index (χ4n) is 2.31. The molecule has 1 amide bonds. The summed E-state index contributed by atoms with van der Waals surface area (Å²) < 4.78 is 5.35. The molecule has 0 unspecified atom stereocenters. The normalized spacial score (nSPS) is 10.7. The molecular formula is C17H17N3O2S.